The quantitative estimate of drug-likeness (QED) is 0.626. The van der Waals surface area contributed by atoms with E-state index in [2.05, 4.69) is 10.0 Å². The molecule has 3 rings (SSSR count). The molecule has 0 bridgehead atoms. The first-order chi connectivity index (χ1) is 13.8. The van der Waals surface area contributed by atoms with Gasteiger partial charge in [0.1, 0.15) is 0 Å². The average Bonchev–Trinajstić information content (AvgIpc) is 2.70. The largest absolute Gasteiger partial charge is 0.345 e. The van der Waals surface area contributed by atoms with E-state index in [0.717, 1.165) is 11.1 Å². The second-order valence-electron chi connectivity index (χ2n) is 7.00. The summed E-state index contributed by atoms with van der Waals surface area (Å²) in [7, 11) is -3.79. The van der Waals surface area contributed by atoms with Gasteiger partial charge in [-0.1, -0.05) is 48.5 Å². The van der Waals surface area contributed by atoms with Crippen LogP contribution in [0.2, 0.25) is 0 Å². The van der Waals surface area contributed by atoms with Crippen molar-refractivity contribution in [3.8, 4) is 0 Å². The highest BCUT2D eigenvalue weighted by molar-refractivity contribution is 7.92. The van der Waals surface area contributed by atoms with Crippen LogP contribution in [-0.4, -0.2) is 14.3 Å². The van der Waals surface area contributed by atoms with Crippen LogP contribution >= 0.6 is 0 Å². The third-order valence-corrected chi connectivity index (χ3v) is 6.23. The second kappa shape index (κ2) is 8.49. The van der Waals surface area contributed by atoms with Crippen LogP contribution in [0.25, 0.3) is 0 Å². The van der Waals surface area contributed by atoms with Crippen LogP contribution in [0.15, 0.2) is 77.7 Å². The van der Waals surface area contributed by atoms with E-state index >= 15 is 0 Å². The van der Waals surface area contributed by atoms with E-state index in [-0.39, 0.29) is 28.1 Å². The molecule has 150 valence electrons. The van der Waals surface area contributed by atoms with E-state index in [9.17, 15) is 13.2 Å². The maximum Gasteiger partial charge on any atom is 0.261 e. The summed E-state index contributed by atoms with van der Waals surface area (Å²) in [5.41, 5.74) is 3.83. The molecule has 0 aliphatic rings. The highest BCUT2D eigenvalue weighted by Crippen LogP contribution is 2.22. The van der Waals surface area contributed by atoms with Gasteiger partial charge in [0.25, 0.3) is 15.9 Å². The molecule has 0 spiro atoms. The molecule has 6 heteroatoms. The predicted octanol–water partition coefficient (Wildman–Crippen LogP) is 4.60. The fourth-order valence-electron chi connectivity index (χ4n) is 2.97. The van der Waals surface area contributed by atoms with E-state index in [1.165, 1.54) is 17.7 Å². The van der Waals surface area contributed by atoms with Crippen molar-refractivity contribution < 1.29 is 13.2 Å². The molecule has 3 aromatic rings. The zero-order chi connectivity index (χ0) is 21.0. The molecule has 0 saturated carbocycles. The van der Waals surface area contributed by atoms with Crippen LogP contribution < -0.4 is 10.0 Å². The number of aryl methyl sites for hydroxylation is 2. The molecule has 0 aromatic heterocycles. The second-order valence-corrected chi connectivity index (χ2v) is 8.69. The van der Waals surface area contributed by atoms with E-state index < -0.39 is 10.0 Å². The van der Waals surface area contributed by atoms with Gasteiger partial charge in [-0.3, -0.25) is 9.52 Å². The molecule has 29 heavy (non-hydrogen) atoms. The number of rotatable bonds is 6. The molecule has 0 aliphatic heterocycles. The molecule has 3 aromatic carbocycles. The number of amides is 1. The van der Waals surface area contributed by atoms with Gasteiger partial charge in [-0.2, -0.15) is 0 Å². The predicted molar refractivity (Wildman–Crippen MR) is 115 cm³/mol. The van der Waals surface area contributed by atoms with Crippen LogP contribution in [0, 0.1) is 13.8 Å². The normalized spacial score (nSPS) is 12.2. The van der Waals surface area contributed by atoms with E-state index in [0.29, 0.717) is 0 Å². The first kappa shape index (κ1) is 20.6. The molecule has 2 N–H and O–H groups in total. The summed E-state index contributed by atoms with van der Waals surface area (Å²) < 4.78 is 27.8. The van der Waals surface area contributed by atoms with Gasteiger partial charge < -0.3 is 5.32 Å². The van der Waals surface area contributed by atoms with Gasteiger partial charge in [-0.25, -0.2) is 8.42 Å². The standard InChI is InChI=1S/C23H24N2O3S/c1-16-13-14-19(15-17(16)2)18(3)24-23(26)21-11-7-8-12-22(21)25-29(27,28)20-9-5-4-6-10-20/h4-15,18,25H,1-3H3,(H,24,26). The molecule has 1 unspecified atom stereocenters. The minimum atomic E-state index is -3.79. The summed E-state index contributed by atoms with van der Waals surface area (Å²) in [6, 6.07) is 20.5. The summed E-state index contributed by atoms with van der Waals surface area (Å²) in [6.07, 6.45) is 0. The SMILES string of the molecule is Cc1ccc(C(C)NC(=O)c2ccccc2NS(=O)(=O)c2ccccc2)cc1C. The molecule has 0 aliphatic carbocycles. The van der Waals surface area contributed by atoms with Crippen LogP contribution in [0.3, 0.4) is 0 Å². The molecule has 1 atom stereocenters. The minimum Gasteiger partial charge on any atom is -0.345 e. The maximum atomic E-state index is 12.9. The number of para-hydroxylation sites is 1. The Hall–Kier alpha value is -3.12. The van der Waals surface area contributed by atoms with Gasteiger partial charge in [-0.15, -0.1) is 0 Å². The summed E-state index contributed by atoms with van der Waals surface area (Å²) in [5, 5.41) is 2.95. The molecule has 5 nitrogen and oxygen atoms in total. The number of carbonyl (C=O) groups excluding carboxylic acids is 1. The molecular weight excluding hydrogens is 384 g/mol. The molecule has 0 fully saturated rings. The number of carbonyl (C=O) groups is 1. The van der Waals surface area contributed by atoms with E-state index in [1.807, 2.05) is 39.0 Å². The Balaban J connectivity index is 1.82. The van der Waals surface area contributed by atoms with Gasteiger partial charge in [0.15, 0.2) is 0 Å². The molecule has 0 saturated heterocycles. The lowest BCUT2D eigenvalue weighted by molar-refractivity contribution is 0.0941. The van der Waals surface area contributed by atoms with Gasteiger partial charge in [0.2, 0.25) is 0 Å². The minimum absolute atomic E-state index is 0.138. The molecule has 0 heterocycles. The number of hydrogen-bond acceptors (Lipinski definition) is 3. The van der Waals surface area contributed by atoms with Gasteiger partial charge in [0.05, 0.1) is 22.2 Å². The van der Waals surface area contributed by atoms with Crippen LogP contribution in [0.1, 0.15) is 40.0 Å². The summed E-state index contributed by atoms with van der Waals surface area (Å²) in [6.45, 7) is 5.97. The summed E-state index contributed by atoms with van der Waals surface area (Å²) >= 11 is 0. The Kier molecular flexibility index (Phi) is 6.03. The zero-order valence-corrected chi connectivity index (χ0v) is 17.5. The van der Waals surface area contributed by atoms with Crippen LogP contribution in [0.4, 0.5) is 5.69 Å². The van der Waals surface area contributed by atoms with Crippen LogP contribution in [-0.2, 0) is 10.0 Å². The number of nitrogens with one attached hydrogen (secondary N) is 2. The summed E-state index contributed by atoms with van der Waals surface area (Å²) in [4.78, 5) is 13.0. The third kappa shape index (κ3) is 4.84. The highest BCUT2D eigenvalue weighted by Gasteiger charge is 2.19. The smallest absolute Gasteiger partial charge is 0.261 e. The van der Waals surface area contributed by atoms with Crippen molar-refractivity contribution in [3.05, 3.63) is 95.1 Å². The number of sulfonamides is 1. The summed E-state index contributed by atoms with van der Waals surface area (Å²) in [5.74, 6) is -0.345. The topological polar surface area (TPSA) is 75.3 Å². The number of anilines is 1. The fourth-order valence-corrected chi connectivity index (χ4v) is 4.07. The van der Waals surface area contributed by atoms with E-state index in [1.54, 1.807) is 42.5 Å². The Morgan fingerprint density at radius 3 is 2.21 bits per heavy atom. The number of benzene rings is 3. The highest BCUT2D eigenvalue weighted by atomic mass is 32.2. The monoisotopic (exact) mass is 408 g/mol. The molecular formula is C23H24N2O3S. The van der Waals surface area contributed by atoms with Crippen molar-refractivity contribution in [2.24, 2.45) is 0 Å². The molecule has 1 amide bonds. The lowest BCUT2D eigenvalue weighted by Crippen LogP contribution is -2.28. The van der Waals surface area contributed by atoms with Gasteiger partial charge in [-0.05, 0) is 61.7 Å². The Labute approximate surface area is 171 Å². The third-order valence-electron chi connectivity index (χ3n) is 4.85. The lowest BCUT2D eigenvalue weighted by atomic mass is 10.0. The number of hydrogen-bond donors (Lipinski definition) is 2. The van der Waals surface area contributed by atoms with Gasteiger partial charge >= 0.3 is 0 Å². The van der Waals surface area contributed by atoms with Crippen molar-refractivity contribution in [2.75, 3.05) is 4.72 Å². The van der Waals surface area contributed by atoms with Crippen molar-refractivity contribution in [1.82, 2.24) is 5.32 Å². The van der Waals surface area contributed by atoms with Crippen molar-refractivity contribution in [1.29, 1.82) is 0 Å². The lowest BCUT2D eigenvalue weighted by Gasteiger charge is -2.18. The Morgan fingerprint density at radius 1 is 0.862 bits per heavy atom. The average molecular weight is 409 g/mol. The van der Waals surface area contributed by atoms with Crippen molar-refractivity contribution >= 4 is 21.6 Å². The Bertz CT molecular complexity index is 1130. The maximum absolute atomic E-state index is 12.9. The van der Waals surface area contributed by atoms with Gasteiger partial charge in [0, 0.05) is 0 Å². The Morgan fingerprint density at radius 2 is 1.52 bits per heavy atom. The fraction of sp³-hybridized carbons (Fsp3) is 0.174. The first-order valence-electron chi connectivity index (χ1n) is 9.33. The van der Waals surface area contributed by atoms with E-state index in [4.69, 9.17) is 0 Å². The first-order valence-corrected chi connectivity index (χ1v) is 10.8. The molecule has 0 radical (unpaired) electrons. The van der Waals surface area contributed by atoms with Crippen molar-refractivity contribution in [3.63, 3.8) is 0 Å². The zero-order valence-electron chi connectivity index (χ0n) is 16.6. The van der Waals surface area contributed by atoms with Crippen molar-refractivity contribution in [2.45, 2.75) is 31.7 Å². The van der Waals surface area contributed by atoms with Crippen LogP contribution in [0.5, 0.6) is 0 Å².